The van der Waals surface area contributed by atoms with Gasteiger partial charge in [0, 0.05) is 5.38 Å². The zero-order valence-electron chi connectivity index (χ0n) is 16.2. The third-order valence-corrected chi connectivity index (χ3v) is 6.19. The van der Waals surface area contributed by atoms with Crippen molar-refractivity contribution in [2.24, 2.45) is 0 Å². The van der Waals surface area contributed by atoms with E-state index in [1.54, 1.807) is 11.0 Å². The maximum absolute atomic E-state index is 13.5. The number of carbonyl (C=O) groups is 1. The molecule has 144 valence electrons. The number of amides is 1. The molecule has 29 heavy (non-hydrogen) atoms. The standard InChI is InChI=1S/C23H18N2O3S/c1-12-4-7-15(8-5-12)19-18-20(26)16-10-13(2)6-9-17(16)28-21(18)22(27)25(19)23-24-14(3)11-29-23/h4-11,19H,1-3H3/t19-/m0/s1. The molecule has 0 bridgehead atoms. The molecule has 0 saturated heterocycles. The molecule has 0 unspecified atom stereocenters. The second kappa shape index (κ2) is 6.39. The Morgan fingerprint density at radius 2 is 1.72 bits per heavy atom. The van der Waals surface area contributed by atoms with Gasteiger partial charge in [0.2, 0.25) is 5.76 Å². The van der Waals surface area contributed by atoms with E-state index >= 15 is 0 Å². The number of hydrogen-bond donors (Lipinski definition) is 0. The maximum atomic E-state index is 13.5. The SMILES string of the molecule is Cc1ccc([C@H]2c3c(oc4ccc(C)cc4c3=O)C(=O)N2c2nc(C)cs2)cc1. The number of hydrogen-bond acceptors (Lipinski definition) is 5. The molecular formula is C23H18N2O3S. The topological polar surface area (TPSA) is 63.4 Å². The molecule has 5 nitrogen and oxygen atoms in total. The fourth-order valence-corrected chi connectivity index (χ4v) is 4.63. The lowest BCUT2D eigenvalue weighted by Gasteiger charge is -2.22. The van der Waals surface area contributed by atoms with E-state index in [-0.39, 0.29) is 17.1 Å². The summed E-state index contributed by atoms with van der Waals surface area (Å²) in [4.78, 5) is 33.0. The predicted molar refractivity (Wildman–Crippen MR) is 114 cm³/mol. The smallest absolute Gasteiger partial charge is 0.297 e. The number of aryl methyl sites for hydroxylation is 3. The summed E-state index contributed by atoms with van der Waals surface area (Å²) < 4.78 is 5.97. The van der Waals surface area contributed by atoms with Crippen LogP contribution in [0.3, 0.4) is 0 Å². The van der Waals surface area contributed by atoms with E-state index in [0.29, 0.717) is 21.7 Å². The van der Waals surface area contributed by atoms with Crippen LogP contribution in [0.2, 0.25) is 0 Å². The minimum Gasteiger partial charge on any atom is -0.450 e. The number of anilines is 1. The predicted octanol–water partition coefficient (Wildman–Crippen LogP) is 4.92. The normalized spacial score (nSPS) is 15.9. The van der Waals surface area contributed by atoms with Crippen LogP contribution in [-0.4, -0.2) is 10.9 Å². The molecule has 0 radical (unpaired) electrons. The van der Waals surface area contributed by atoms with Crippen molar-refractivity contribution in [2.75, 3.05) is 4.90 Å². The van der Waals surface area contributed by atoms with Crippen molar-refractivity contribution in [1.82, 2.24) is 4.98 Å². The largest absolute Gasteiger partial charge is 0.450 e. The number of nitrogens with zero attached hydrogens (tertiary/aromatic N) is 2. The molecule has 0 fully saturated rings. The van der Waals surface area contributed by atoms with Gasteiger partial charge in [0.25, 0.3) is 5.91 Å². The highest BCUT2D eigenvalue weighted by molar-refractivity contribution is 7.14. The first-order chi connectivity index (χ1) is 13.9. The maximum Gasteiger partial charge on any atom is 0.297 e. The second-order valence-corrected chi connectivity index (χ2v) is 8.27. The van der Waals surface area contributed by atoms with Crippen LogP contribution in [-0.2, 0) is 0 Å². The van der Waals surface area contributed by atoms with Crippen LogP contribution in [0.15, 0.2) is 57.1 Å². The fraction of sp³-hybridized carbons (Fsp3) is 0.174. The summed E-state index contributed by atoms with van der Waals surface area (Å²) in [5.74, 6) is -0.232. The minimum atomic E-state index is -0.565. The monoisotopic (exact) mass is 402 g/mol. The van der Waals surface area contributed by atoms with Gasteiger partial charge in [0.05, 0.1) is 22.7 Å². The number of fused-ring (bicyclic) bond motifs is 2. The first kappa shape index (κ1) is 17.8. The van der Waals surface area contributed by atoms with Crippen LogP contribution in [0.1, 0.15) is 44.5 Å². The molecule has 5 rings (SSSR count). The van der Waals surface area contributed by atoms with E-state index in [1.807, 2.05) is 62.5 Å². The third-order valence-electron chi connectivity index (χ3n) is 5.23. The van der Waals surface area contributed by atoms with Gasteiger partial charge in [-0.15, -0.1) is 11.3 Å². The number of benzene rings is 2. The Bertz CT molecular complexity index is 1330. The van der Waals surface area contributed by atoms with Crippen molar-refractivity contribution in [1.29, 1.82) is 0 Å². The van der Waals surface area contributed by atoms with E-state index in [0.717, 1.165) is 22.4 Å². The van der Waals surface area contributed by atoms with Gasteiger partial charge in [-0.2, -0.15) is 0 Å². The van der Waals surface area contributed by atoms with Crippen LogP contribution in [0.4, 0.5) is 5.13 Å². The number of rotatable bonds is 2. The van der Waals surface area contributed by atoms with E-state index < -0.39 is 6.04 Å². The van der Waals surface area contributed by atoms with Gasteiger partial charge in [0.15, 0.2) is 10.6 Å². The summed E-state index contributed by atoms with van der Waals surface area (Å²) in [6.45, 7) is 5.82. The molecule has 0 N–H and O–H groups in total. The number of aromatic nitrogens is 1. The number of thiazole rings is 1. The van der Waals surface area contributed by atoms with E-state index in [1.165, 1.54) is 11.3 Å². The first-order valence-corrected chi connectivity index (χ1v) is 10.2. The molecule has 4 aromatic rings. The van der Waals surface area contributed by atoms with Crippen molar-refractivity contribution in [3.05, 3.63) is 91.8 Å². The number of carbonyl (C=O) groups excluding carboxylic acids is 1. The molecule has 2 aromatic heterocycles. The van der Waals surface area contributed by atoms with Gasteiger partial charge in [-0.25, -0.2) is 4.98 Å². The Labute approximate surface area is 171 Å². The van der Waals surface area contributed by atoms with E-state index in [9.17, 15) is 9.59 Å². The van der Waals surface area contributed by atoms with Crippen molar-refractivity contribution >= 4 is 33.3 Å². The summed E-state index contributed by atoms with van der Waals surface area (Å²) in [7, 11) is 0. The van der Waals surface area contributed by atoms with E-state index in [4.69, 9.17) is 4.42 Å². The lowest BCUT2D eigenvalue weighted by atomic mass is 9.97. The van der Waals surface area contributed by atoms with Crippen LogP contribution in [0.25, 0.3) is 11.0 Å². The molecule has 1 aliphatic heterocycles. The minimum absolute atomic E-state index is 0.102. The second-order valence-electron chi connectivity index (χ2n) is 7.43. The highest BCUT2D eigenvalue weighted by Gasteiger charge is 2.44. The average molecular weight is 402 g/mol. The summed E-state index contributed by atoms with van der Waals surface area (Å²) in [6.07, 6.45) is 0. The van der Waals surface area contributed by atoms with Crippen molar-refractivity contribution in [3.8, 4) is 0 Å². The highest BCUT2D eigenvalue weighted by Crippen LogP contribution is 2.42. The van der Waals surface area contributed by atoms with Crippen molar-refractivity contribution < 1.29 is 9.21 Å². The fourth-order valence-electron chi connectivity index (χ4n) is 3.80. The first-order valence-electron chi connectivity index (χ1n) is 9.33. The molecule has 0 saturated carbocycles. The average Bonchev–Trinajstić information content (AvgIpc) is 3.25. The van der Waals surface area contributed by atoms with Crippen LogP contribution in [0.5, 0.6) is 0 Å². The molecular weight excluding hydrogens is 384 g/mol. The highest BCUT2D eigenvalue weighted by atomic mass is 32.1. The lowest BCUT2D eigenvalue weighted by Crippen LogP contribution is -2.29. The molecule has 0 spiro atoms. The summed E-state index contributed by atoms with van der Waals surface area (Å²) in [5.41, 5.74) is 4.40. The molecule has 2 aromatic carbocycles. The van der Waals surface area contributed by atoms with Gasteiger partial charge in [0.1, 0.15) is 5.58 Å². The molecule has 0 aliphatic carbocycles. The Balaban J connectivity index is 1.83. The van der Waals surface area contributed by atoms with Crippen molar-refractivity contribution in [2.45, 2.75) is 26.8 Å². The lowest BCUT2D eigenvalue weighted by molar-refractivity contribution is 0.0971. The summed E-state index contributed by atoms with van der Waals surface area (Å²) in [6, 6.07) is 12.7. The Morgan fingerprint density at radius 3 is 2.41 bits per heavy atom. The zero-order valence-corrected chi connectivity index (χ0v) is 17.0. The Kier molecular flexibility index (Phi) is 3.93. The molecule has 3 heterocycles. The summed E-state index contributed by atoms with van der Waals surface area (Å²) >= 11 is 1.39. The van der Waals surface area contributed by atoms with Gasteiger partial charge in [-0.05, 0) is 38.5 Å². The van der Waals surface area contributed by atoms with Crippen LogP contribution >= 0.6 is 11.3 Å². The molecule has 1 amide bonds. The Hall–Kier alpha value is -3.25. The van der Waals surface area contributed by atoms with Crippen LogP contribution < -0.4 is 10.3 Å². The third kappa shape index (κ3) is 2.71. The Morgan fingerprint density at radius 1 is 1.00 bits per heavy atom. The van der Waals surface area contributed by atoms with Crippen molar-refractivity contribution in [3.63, 3.8) is 0 Å². The molecule has 1 aliphatic rings. The van der Waals surface area contributed by atoms with Gasteiger partial charge in [-0.1, -0.05) is 41.5 Å². The molecule has 1 atom stereocenters. The van der Waals surface area contributed by atoms with Gasteiger partial charge >= 0.3 is 0 Å². The van der Waals surface area contributed by atoms with Gasteiger partial charge in [-0.3, -0.25) is 14.5 Å². The molecule has 6 heteroatoms. The quantitative estimate of drug-likeness (QED) is 0.477. The van der Waals surface area contributed by atoms with E-state index in [2.05, 4.69) is 4.98 Å². The zero-order chi connectivity index (χ0) is 20.3. The summed E-state index contributed by atoms with van der Waals surface area (Å²) in [5, 5.41) is 2.95. The van der Waals surface area contributed by atoms with Crippen LogP contribution in [0, 0.1) is 20.8 Å². The van der Waals surface area contributed by atoms with Gasteiger partial charge < -0.3 is 4.42 Å².